The fraction of sp³-hybridized carbons (Fsp3) is 0.435. The van der Waals surface area contributed by atoms with Gasteiger partial charge in [0.15, 0.2) is 0 Å². The molecule has 2 aromatic rings. The Morgan fingerprint density at radius 3 is 2.43 bits per heavy atom. The number of amides is 1. The van der Waals surface area contributed by atoms with Gasteiger partial charge in [-0.2, -0.15) is 0 Å². The van der Waals surface area contributed by atoms with E-state index in [9.17, 15) is 4.79 Å². The third-order valence-electron chi connectivity index (χ3n) is 6.00. The molecular weight excluding hydrogens is 370 g/mol. The number of hydrogen-bond acceptors (Lipinski definition) is 4. The van der Waals surface area contributed by atoms with Crippen molar-refractivity contribution in [2.24, 2.45) is 5.41 Å². The van der Waals surface area contributed by atoms with E-state index in [1.165, 1.54) is 17.6 Å². The van der Waals surface area contributed by atoms with E-state index in [2.05, 4.69) is 31.2 Å². The van der Waals surface area contributed by atoms with Crippen LogP contribution in [-0.2, 0) is 15.5 Å². The summed E-state index contributed by atoms with van der Waals surface area (Å²) in [7, 11) is 1.85. The normalized spacial score (nSPS) is 25.6. The molecule has 2 aliphatic carbocycles. The van der Waals surface area contributed by atoms with E-state index < -0.39 is 0 Å². The third-order valence-corrected chi connectivity index (χ3v) is 6.83. The number of hydrogen-bond donors (Lipinski definition) is 0. The quantitative estimate of drug-likeness (QED) is 0.595. The van der Waals surface area contributed by atoms with Crippen LogP contribution in [0, 0.1) is 12.3 Å². The second-order valence-corrected chi connectivity index (χ2v) is 9.07. The van der Waals surface area contributed by atoms with Gasteiger partial charge in [0.25, 0.3) is 0 Å². The molecule has 0 N–H and O–H groups in total. The first-order chi connectivity index (χ1) is 13.5. The highest BCUT2D eigenvalue weighted by atomic mass is 32.2. The minimum absolute atomic E-state index is 0.231. The molecule has 1 spiro atoms. The molecule has 148 valence electrons. The van der Waals surface area contributed by atoms with E-state index in [0.717, 1.165) is 36.1 Å². The Bertz CT molecular complexity index is 794. The van der Waals surface area contributed by atoms with Gasteiger partial charge in [0, 0.05) is 30.0 Å². The maximum absolute atomic E-state index is 12.3. The van der Waals surface area contributed by atoms with Gasteiger partial charge in [0.05, 0.1) is 6.10 Å². The van der Waals surface area contributed by atoms with Crippen LogP contribution in [-0.4, -0.2) is 30.2 Å². The average molecular weight is 398 g/mol. The number of ether oxygens (including phenoxy) is 1. The highest BCUT2D eigenvalue weighted by Gasteiger charge is 2.55. The van der Waals surface area contributed by atoms with Gasteiger partial charge in [-0.25, -0.2) is 4.79 Å². The molecule has 5 heteroatoms. The number of benzene rings is 2. The Balaban J connectivity index is 1.15. The smallest absolute Gasteiger partial charge is 0.410 e. The zero-order chi connectivity index (χ0) is 19.6. The van der Waals surface area contributed by atoms with Gasteiger partial charge in [-0.1, -0.05) is 48.0 Å². The van der Waals surface area contributed by atoms with Gasteiger partial charge in [-0.15, -0.1) is 0 Å². The molecule has 28 heavy (non-hydrogen) atoms. The van der Waals surface area contributed by atoms with Gasteiger partial charge >= 0.3 is 6.09 Å². The molecule has 0 radical (unpaired) electrons. The molecule has 0 unspecified atom stereocenters. The predicted octanol–water partition coefficient (Wildman–Crippen LogP) is 5.60. The summed E-state index contributed by atoms with van der Waals surface area (Å²) >= 11 is 1.48. The molecule has 0 aromatic heterocycles. The van der Waals surface area contributed by atoms with Gasteiger partial charge in [0.1, 0.15) is 6.61 Å². The van der Waals surface area contributed by atoms with Crippen molar-refractivity contribution >= 4 is 18.1 Å². The minimum Gasteiger partial charge on any atom is -0.445 e. The minimum atomic E-state index is -0.231. The molecule has 0 aliphatic heterocycles. The summed E-state index contributed by atoms with van der Waals surface area (Å²) in [6, 6.07) is 18.5. The van der Waals surface area contributed by atoms with Gasteiger partial charge < -0.3 is 13.8 Å². The SMILES string of the molecule is Cc1ccc(SOC2CC3(C2)CC(N(C)C(=O)OCc2ccccc2)C3)cc1. The van der Waals surface area contributed by atoms with Crippen LogP contribution >= 0.6 is 12.0 Å². The Hall–Kier alpha value is -1.98. The molecule has 0 bridgehead atoms. The van der Waals surface area contributed by atoms with Crippen molar-refractivity contribution in [1.29, 1.82) is 0 Å². The van der Waals surface area contributed by atoms with E-state index in [4.69, 9.17) is 8.92 Å². The molecule has 0 saturated heterocycles. The molecule has 2 saturated carbocycles. The first kappa shape index (κ1) is 19.3. The lowest BCUT2D eigenvalue weighted by atomic mass is 9.52. The second kappa shape index (κ2) is 8.18. The maximum atomic E-state index is 12.3. The lowest BCUT2D eigenvalue weighted by Crippen LogP contribution is -2.58. The van der Waals surface area contributed by atoms with Gasteiger partial charge in [0.2, 0.25) is 0 Å². The van der Waals surface area contributed by atoms with Crippen LogP contribution < -0.4 is 0 Å². The summed E-state index contributed by atoms with van der Waals surface area (Å²) in [5.41, 5.74) is 2.65. The molecule has 2 aliphatic rings. The van der Waals surface area contributed by atoms with E-state index >= 15 is 0 Å². The summed E-state index contributed by atoms with van der Waals surface area (Å²) in [5, 5.41) is 0. The van der Waals surface area contributed by atoms with Crippen molar-refractivity contribution in [2.45, 2.75) is 56.3 Å². The molecule has 4 rings (SSSR count). The van der Waals surface area contributed by atoms with Crippen LogP contribution in [0.15, 0.2) is 59.5 Å². The summed E-state index contributed by atoms with van der Waals surface area (Å²) < 4.78 is 11.4. The fourth-order valence-electron chi connectivity index (χ4n) is 4.21. The zero-order valence-corrected chi connectivity index (χ0v) is 17.3. The average Bonchev–Trinajstić information content (AvgIpc) is 2.65. The standard InChI is InChI=1S/C23H27NO3S/c1-17-8-10-21(11-9-17)28-27-20-14-23(15-20)12-19(13-23)24(2)22(25)26-16-18-6-4-3-5-7-18/h3-11,19-20H,12-16H2,1-2H3. The van der Waals surface area contributed by atoms with Crippen LogP contribution in [0.2, 0.25) is 0 Å². The lowest BCUT2D eigenvalue weighted by Gasteiger charge is -2.58. The number of rotatable bonds is 6. The van der Waals surface area contributed by atoms with Gasteiger partial charge in [-0.3, -0.25) is 0 Å². The Kier molecular flexibility index (Phi) is 5.65. The van der Waals surface area contributed by atoms with Crippen LogP contribution in [0.1, 0.15) is 36.8 Å². The van der Waals surface area contributed by atoms with Crippen molar-refractivity contribution in [2.75, 3.05) is 7.05 Å². The van der Waals surface area contributed by atoms with E-state index in [1.54, 1.807) is 4.90 Å². The monoisotopic (exact) mass is 397 g/mol. The first-order valence-corrected chi connectivity index (χ1v) is 10.6. The molecule has 1 amide bonds. The van der Waals surface area contributed by atoms with Crippen molar-refractivity contribution in [3.05, 3.63) is 65.7 Å². The summed E-state index contributed by atoms with van der Waals surface area (Å²) in [4.78, 5) is 15.2. The second-order valence-electron chi connectivity index (χ2n) is 8.24. The first-order valence-electron chi connectivity index (χ1n) is 9.87. The van der Waals surface area contributed by atoms with Crippen LogP contribution in [0.3, 0.4) is 0 Å². The van der Waals surface area contributed by atoms with Crippen molar-refractivity contribution in [3.8, 4) is 0 Å². The predicted molar refractivity (Wildman–Crippen MR) is 111 cm³/mol. The number of carbonyl (C=O) groups excluding carboxylic acids is 1. The van der Waals surface area contributed by atoms with E-state index in [-0.39, 0.29) is 12.1 Å². The molecular formula is C23H27NO3S. The highest BCUT2D eigenvalue weighted by Crippen LogP contribution is 2.58. The zero-order valence-electron chi connectivity index (χ0n) is 16.5. The molecule has 0 atom stereocenters. The van der Waals surface area contributed by atoms with Gasteiger partial charge in [-0.05, 0) is 55.7 Å². The van der Waals surface area contributed by atoms with Crippen LogP contribution in [0.5, 0.6) is 0 Å². The van der Waals surface area contributed by atoms with Crippen molar-refractivity contribution in [3.63, 3.8) is 0 Å². The summed E-state index contributed by atoms with van der Waals surface area (Å²) in [6.07, 6.45) is 4.39. The lowest BCUT2D eigenvalue weighted by molar-refractivity contribution is -0.101. The maximum Gasteiger partial charge on any atom is 0.410 e. The van der Waals surface area contributed by atoms with Crippen LogP contribution in [0.25, 0.3) is 0 Å². The Morgan fingerprint density at radius 2 is 1.75 bits per heavy atom. The largest absolute Gasteiger partial charge is 0.445 e. The molecule has 4 nitrogen and oxygen atoms in total. The third kappa shape index (κ3) is 4.36. The highest BCUT2D eigenvalue weighted by molar-refractivity contribution is 7.94. The Labute approximate surface area is 171 Å². The topological polar surface area (TPSA) is 38.8 Å². The van der Waals surface area contributed by atoms with Crippen molar-refractivity contribution in [1.82, 2.24) is 4.90 Å². The van der Waals surface area contributed by atoms with Crippen LogP contribution in [0.4, 0.5) is 4.79 Å². The fourth-order valence-corrected chi connectivity index (χ4v) is 4.84. The number of nitrogens with zero attached hydrogens (tertiary/aromatic N) is 1. The summed E-state index contributed by atoms with van der Waals surface area (Å²) in [5.74, 6) is 0. The van der Waals surface area contributed by atoms with E-state index in [1.807, 2.05) is 37.4 Å². The number of aryl methyl sites for hydroxylation is 1. The summed E-state index contributed by atoms with van der Waals surface area (Å²) in [6.45, 7) is 2.42. The molecule has 2 aromatic carbocycles. The van der Waals surface area contributed by atoms with Crippen molar-refractivity contribution < 1.29 is 13.7 Å². The molecule has 2 fully saturated rings. The van der Waals surface area contributed by atoms with E-state index in [0.29, 0.717) is 18.1 Å². The molecule has 0 heterocycles. The Morgan fingerprint density at radius 1 is 1.07 bits per heavy atom. The number of carbonyl (C=O) groups is 1.